The molecule has 6 rings (SSSR count). The predicted molar refractivity (Wildman–Crippen MR) is 179 cm³/mol. The van der Waals surface area contributed by atoms with Crippen LogP contribution in [0, 0.1) is 0 Å². The summed E-state index contributed by atoms with van der Waals surface area (Å²) in [4.78, 5) is 13.2. The minimum Gasteiger partial charge on any atom is -0.418 e. The minimum atomic E-state index is -6.00. The van der Waals surface area contributed by atoms with Crippen molar-refractivity contribution in [1.29, 1.82) is 0 Å². The van der Waals surface area contributed by atoms with Crippen LogP contribution in [0.1, 0.15) is 39.0 Å². The number of rotatable bonds is 7. The number of benzene rings is 4. The third-order valence-electron chi connectivity index (χ3n) is 6.54. The van der Waals surface area contributed by atoms with Crippen LogP contribution in [0.2, 0.25) is 0 Å². The first-order chi connectivity index (χ1) is 21.8. The van der Waals surface area contributed by atoms with E-state index in [2.05, 4.69) is 109 Å². The van der Waals surface area contributed by atoms with Crippen molar-refractivity contribution in [3.8, 4) is 0 Å². The summed E-state index contributed by atoms with van der Waals surface area (Å²) in [7, 11) is -12.1. The molecule has 0 aromatic heterocycles. The molecule has 14 heteroatoms. The van der Waals surface area contributed by atoms with Gasteiger partial charge in [-0.25, -0.2) is 0 Å². The SMILES string of the molecule is CCCCCC/C(=C\[S+]1c2ccccc2Sc2ccccc21)[S+]1c2ccccc2Sc2ccccc21.F[B-](F)(F)F.F[B-](F)(F)F. The Morgan fingerprint density at radius 1 is 0.543 bits per heavy atom. The second-order valence-electron chi connectivity index (χ2n) is 10.0. The summed E-state index contributed by atoms with van der Waals surface area (Å²) in [5.74, 6) is 0. The predicted octanol–water partition coefficient (Wildman–Crippen LogP) is 12.8. The van der Waals surface area contributed by atoms with Gasteiger partial charge in [0.1, 0.15) is 10.9 Å². The molecule has 0 unspecified atom stereocenters. The number of halogens is 8. The van der Waals surface area contributed by atoms with Gasteiger partial charge >= 0.3 is 14.5 Å². The molecule has 0 saturated carbocycles. The fourth-order valence-corrected chi connectivity index (χ4v) is 12.7. The zero-order valence-corrected chi connectivity index (χ0v) is 27.9. The average molecular weight is 716 g/mol. The molecule has 0 saturated heterocycles. The number of hydrogen-bond donors (Lipinski definition) is 0. The van der Waals surface area contributed by atoms with Gasteiger partial charge in [-0.2, -0.15) is 0 Å². The van der Waals surface area contributed by atoms with Crippen molar-refractivity contribution in [1.82, 2.24) is 0 Å². The van der Waals surface area contributed by atoms with Crippen LogP contribution in [0.5, 0.6) is 0 Å². The monoisotopic (exact) mass is 716 g/mol. The van der Waals surface area contributed by atoms with Crippen molar-refractivity contribution in [2.75, 3.05) is 0 Å². The van der Waals surface area contributed by atoms with Crippen molar-refractivity contribution >= 4 is 59.8 Å². The highest BCUT2D eigenvalue weighted by Gasteiger charge is 2.43. The summed E-state index contributed by atoms with van der Waals surface area (Å²) >= 11 is 3.86. The minimum absolute atomic E-state index is 0.0526. The smallest absolute Gasteiger partial charge is 0.418 e. The summed E-state index contributed by atoms with van der Waals surface area (Å²) in [6.45, 7) is 2.30. The van der Waals surface area contributed by atoms with Crippen LogP contribution in [0.25, 0.3) is 0 Å². The Bertz CT molecular complexity index is 1510. The van der Waals surface area contributed by atoms with E-state index in [9.17, 15) is 34.5 Å². The van der Waals surface area contributed by atoms with E-state index in [1.165, 1.54) is 64.8 Å². The lowest BCUT2D eigenvalue weighted by molar-refractivity contribution is 0.366. The normalized spacial score (nSPS) is 14.4. The maximum atomic E-state index is 9.75. The number of fused-ring (bicyclic) bond motifs is 4. The first kappa shape index (κ1) is 36.4. The average Bonchev–Trinajstić information content (AvgIpc) is 2.99. The number of unbranched alkanes of at least 4 members (excludes halogenated alkanes) is 3. The molecular formula is C32H30B2F8S4. The molecular weight excluding hydrogens is 686 g/mol. The summed E-state index contributed by atoms with van der Waals surface area (Å²) in [5, 5.41) is 2.69. The van der Waals surface area contributed by atoms with Crippen LogP contribution < -0.4 is 0 Å². The van der Waals surface area contributed by atoms with E-state index in [1.807, 2.05) is 23.5 Å². The Kier molecular flexibility index (Phi) is 13.2. The lowest BCUT2D eigenvalue weighted by Gasteiger charge is -2.21. The Balaban J connectivity index is 0.000000421. The molecule has 0 nitrogen and oxygen atoms in total. The maximum absolute atomic E-state index is 9.75. The van der Waals surface area contributed by atoms with Gasteiger partial charge in [0.15, 0.2) is 29.9 Å². The molecule has 4 aromatic carbocycles. The first-order valence-electron chi connectivity index (χ1n) is 14.5. The molecule has 0 spiro atoms. The molecule has 0 amide bonds. The molecule has 4 aromatic rings. The summed E-state index contributed by atoms with van der Waals surface area (Å²) in [6.07, 6.45) is 6.32. The summed E-state index contributed by atoms with van der Waals surface area (Å²) in [6, 6.07) is 36.3. The Morgan fingerprint density at radius 2 is 0.891 bits per heavy atom. The molecule has 46 heavy (non-hydrogen) atoms. The van der Waals surface area contributed by atoms with Crippen LogP contribution >= 0.6 is 23.5 Å². The second kappa shape index (κ2) is 16.6. The van der Waals surface area contributed by atoms with Gasteiger partial charge < -0.3 is 34.5 Å². The van der Waals surface area contributed by atoms with Gasteiger partial charge in [-0.1, -0.05) is 98.2 Å². The highest BCUT2D eigenvalue weighted by Crippen LogP contribution is 2.51. The van der Waals surface area contributed by atoms with Crippen molar-refractivity contribution in [2.24, 2.45) is 0 Å². The second-order valence-corrected chi connectivity index (χ2v) is 16.0. The van der Waals surface area contributed by atoms with Crippen LogP contribution in [-0.2, 0) is 21.8 Å². The Morgan fingerprint density at radius 3 is 1.28 bits per heavy atom. The van der Waals surface area contributed by atoms with Crippen molar-refractivity contribution in [3.05, 3.63) is 107 Å². The fraction of sp³-hybridized carbons (Fsp3) is 0.188. The van der Waals surface area contributed by atoms with Gasteiger partial charge in [0.05, 0.1) is 30.5 Å². The van der Waals surface area contributed by atoms with E-state index in [0.717, 1.165) is 6.42 Å². The first-order valence-corrected chi connectivity index (χ1v) is 18.6. The Hall–Kier alpha value is -2.41. The molecule has 2 aliphatic heterocycles. The lowest BCUT2D eigenvalue weighted by Crippen LogP contribution is -2.16. The number of hydrogen-bond acceptors (Lipinski definition) is 2. The standard InChI is InChI=1S/C32H30S4.2BF4/c1-2-3-4-5-14-24(36-31-21-12-8-17-27(31)34-28-18-9-13-22-32(28)36)23-35-29-19-10-6-15-25(29)33-26-16-7-11-20-30(26)35;2*2-1(3,4)5/h6-13,15-23H,2-5,14H2,1H3;;/q+2;2*-1/b24-23+;;. The highest BCUT2D eigenvalue weighted by molar-refractivity contribution is 8.07. The lowest BCUT2D eigenvalue weighted by atomic mass is 10.1. The van der Waals surface area contributed by atoms with Gasteiger partial charge in [-0.05, 0) is 55.0 Å². The summed E-state index contributed by atoms with van der Waals surface area (Å²) in [5.41, 5.74) is 0. The molecule has 0 fully saturated rings. The molecule has 0 aliphatic carbocycles. The molecule has 2 aliphatic rings. The molecule has 0 atom stereocenters. The van der Waals surface area contributed by atoms with Crippen molar-refractivity contribution in [2.45, 2.75) is 78.2 Å². The van der Waals surface area contributed by atoms with E-state index in [-0.39, 0.29) is 21.8 Å². The van der Waals surface area contributed by atoms with E-state index in [4.69, 9.17) is 0 Å². The van der Waals surface area contributed by atoms with E-state index in [1.54, 1.807) is 4.91 Å². The Labute approximate surface area is 278 Å². The van der Waals surface area contributed by atoms with Crippen molar-refractivity contribution < 1.29 is 34.5 Å². The van der Waals surface area contributed by atoms with Gasteiger partial charge in [-0.3, -0.25) is 0 Å². The van der Waals surface area contributed by atoms with Crippen LogP contribution in [0.4, 0.5) is 34.5 Å². The summed E-state index contributed by atoms with van der Waals surface area (Å²) < 4.78 is 78.0. The van der Waals surface area contributed by atoms with Crippen LogP contribution in [0.3, 0.4) is 0 Å². The molecule has 0 bridgehead atoms. The van der Waals surface area contributed by atoms with Gasteiger partial charge in [-0.15, -0.1) is 0 Å². The topological polar surface area (TPSA) is 0 Å². The van der Waals surface area contributed by atoms with E-state index >= 15 is 0 Å². The molecule has 2 heterocycles. The number of allylic oxidation sites excluding steroid dienone is 1. The quantitative estimate of drug-likeness (QED) is 0.0808. The van der Waals surface area contributed by atoms with Gasteiger partial charge in [0.2, 0.25) is 0 Å². The largest absolute Gasteiger partial charge is 0.673 e. The fourth-order valence-electron chi connectivity index (χ4n) is 4.79. The van der Waals surface area contributed by atoms with Gasteiger partial charge in [0, 0.05) is 6.42 Å². The zero-order chi connectivity index (χ0) is 33.3. The third-order valence-corrected chi connectivity index (χ3v) is 14.1. The molecule has 0 N–H and O–H groups in total. The van der Waals surface area contributed by atoms with Crippen molar-refractivity contribution in [3.63, 3.8) is 0 Å². The zero-order valence-electron chi connectivity index (χ0n) is 24.7. The molecule has 0 radical (unpaired) electrons. The van der Waals surface area contributed by atoms with E-state index in [0.29, 0.717) is 0 Å². The highest BCUT2D eigenvalue weighted by atomic mass is 32.2. The van der Waals surface area contributed by atoms with Crippen LogP contribution in [-0.4, -0.2) is 14.5 Å². The third kappa shape index (κ3) is 10.8. The van der Waals surface area contributed by atoms with Gasteiger partial charge in [0.25, 0.3) is 0 Å². The van der Waals surface area contributed by atoms with E-state index < -0.39 is 14.5 Å². The van der Waals surface area contributed by atoms with Crippen LogP contribution in [0.15, 0.2) is 147 Å². The maximum Gasteiger partial charge on any atom is 0.673 e. The molecule has 244 valence electrons.